The highest BCUT2D eigenvalue weighted by Gasteiger charge is 2.25. The molecule has 0 aliphatic carbocycles. The van der Waals surface area contributed by atoms with E-state index in [1.54, 1.807) is 0 Å². The first-order valence-electron chi connectivity index (χ1n) is 7.09. The number of likely N-dealkylation sites (tertiary alicyclic amines) is 1. The number of aliphatic hydroxyl groups excluding tert-OH is 1. The molecule has 1 aliphatic rings. The highest BCUT2D eigenvalue weighted by molar-refractivity contribution is 6.32. The minimum Gasteiger partial charge on any atom is -0.395 e. The van der Waals surface area contributed by atoms with Crippen LogP contribution in [0.2, 0.25) is 5.02 Å². The van der Waals surface area contributed by atoms with Gasteiger partial charge >= 0.3 is 0 Å². The predicted molar refractivity (Wildman–Crippen MR) is 82.0 cm³/mol. The summed E-state index contributed by atoms with van der Waals surface area (Å²) in [7, 11) is 0. The Morgan fingerprint density at radius 1 is 1.40 bits per heavy atom. The summed E-state index contributed by atoms with van der Waals surface area (Å²) in [6, 6.07) is 8.34. The van der Waals surface area contributed by atoms with Crippen molar-refractivity contribution in [3.8, 4) is 0 Å². The number of hydrogen-bond acceptors (Lipinski definition) is 3. The summed E-state index contributed by atoms with van der Waals surface area (Å²) in [5.74, 6) is 0. The lowest BCUT2D eigenvalue weighted by atomic mass is 10.1. The van der Waals surface area contributed by atoms with Gasteiger partial charge in [-0.15, -0.1) is 0 Å². The van der Waals surface area contributed by atoms with Gasteiger partial charge < -0.3 is 5.11 Å². The van der Waals surface area contributed by atoms with E-state index in [2.05, 4.69) is 11.0 Å². The van der Waals surface area contributed by atoms with Crippen molar-refractivity contribution < 1.29 is 5.11 Å². The first-order chi connectivity index (χ1) is 9.70. The Morgan fingerprint density at radius 2 is 2.20 bits per heavy atom. The molecular weight excluding hydrogens is 272 g/mol. The largest absolute Gasteiger partial charge is 0.395 e. The Labute approximate surface area is 124 Å². The summed E-state index contributed by atoms with van der Waals surface area (Å²) >= 11 is 6.49. The first-order valence-corrected chi connectivity index (χ1v) is 7.47. The second kappa shape index (κ2) is 5.68. The first kappa shape index (κ1) is 13.8. The van der Waals surface area contributed by atoms with E-state index >= 15 is 0 Å². The molecule has 0 spiro atoms. The third-order valence-electron chi connectivity index (χ3n) is 4.21. The Bertz CT molecular complexity index is 629. The van der Waals surface area contributed by atoms with Crippen LogP contribution in [0.5, 0.6) is 0 Å². The molecular formula is C16H19ClN2O. The number of para-hydroxylation sites is 1. The fraction of sp³-hybridized carbons (Fsp3) is 0.438. The van der Waals surface area contributed by atoms with E-state index in [1.807, 2.05) is 25.1 Å². The molecule has 2 aromatic rings. The maximum Gasteiger partial charge on any atom is 0.0740 e. The van der Waals surface area contributed by atoms with Crippen LogP contribution in [-0.2, 0) is 6.54 Å². The molecule has 1 fully saturated rings. The second-order valence-corrected chi connectivity index (χ2v) is 5.84. The lowest BCUT2D eigenvalue weighted by Crippen LogP contribution is -2.32. The van der Waals surface area contributed by atoms with Crippen LogP contribution in [0.15, 0.2) is 24.3 Å². The molecule has 3 rings (SSSR count). The van der Waals surface area contributed by atoms with Crippen molar-refractivity contribution in [2.24, 2.45) is 0 Å². The maximum atomic E-state index is 9.42. The van der Waals surface area contributed by atoms with Crippen LogP contribution in [0.4, 0.5) is 0 Å². The molecule has 1 atom stereocenters. The van der Waals surface area contributed by atoms with Gasteiger partial charge in [0.1, 0.15) is 0 Å². The van der Waals surface area contributed by atoms with Gasteiger partial charge in [0.2, 0.25) is 0 Å². The number of aryl methyl sites for hydroxylation is 1. The zero-order valence-electron chi connectivity index (χ0n) is 11.6. The monoisotopic (exact) mass is 290 g/mol. The highest BCUT2D eigenvalue weighted by atomic mass is 35.5. The van der Waals surface area contributed by atoms with E-state index in [0.717, 1.165) is 53.1 Å². The smallest absolute Gasteiger partial charge is 0.0740 e. The number of halogens is 1. The van der Waals surface area contributed by atoms with Gasteiger partial charge in [0.15, 0.2) is 0 Å². The van der Waals surface area contributed by atoms with E-state index in [4.69, 9.17) is 16.6 Å². The summed E-state index contributed by atoms with van der Waals surface area (Å²) in [4.78, 5) is 6.99. The Kier molecular flexibility index (Phi) is 3.92. The van der Waals surface area contributed by atoms with Crippen LogP contribution in [0.1, 0.15) is 24.1 Å². The topological polar surface area (TPSA) is 36.4 Å². The highest BCUT2D eigenvalue weighted by Crippen LogP contribution is 2.29. The van der Waals surface area contributed by atoms with Gasteiger partial charge in [-0.05, 0) is 37.9 Å². The average molecular weight is 291 g/mol. The Hall–Kier alpha value is -1.16. The summed E-state index contributed by atoms with van der Waals surface area (Å²) in [6.07, 6.45) is 2.19. The number of pyridine rings is 1. The minimum atomic E-state index is 0.212. The lowest BCUT2D eigenvalue weighted by Gasteiger charge is -2.23. The van der Waals surface area contributed by atoms with Crippen LogP contribution in [0.25, 0.3) is 10.9 Å². The summed E-state index contributed by atoms with van der Waals surface area (Å²) in [6.45, 7) is 3.98. The molecule has 1 aromatic carbocycles. The molecule has 0 unspecified atom stereocenters. The van der Waals surface area contributed by atoms with Crippen LogP contribution in [0, 0.1) is 6.92 Å². The molecule has 3 nitrogen and oxygen atoms in total. The number of fused-ring (bicyclic) bond motifs is 1. The normalized spacial score (nSPS) is 19.9. The van der Waals surface area contributed by atoms with Gasteiger partial charge in [-0.2, -0.15) is 0 Å². The van der Waals surface area contributed by atoms with Crippen LogP contribution >= 0.6 is 11.6 Å². The van der Waals surface area contributed by atoms with E-state index in [9.17, 15) is 5.11 Å². The van der Waals surface area contributed by atoms with E-state index in [-0.39, 0.29) is 12.6 Å². The van der Waals surface area contributed by atoms with Crippen LogP contribution < -0.4 is 0 Å². The van der Waals surface area contributed by atoms with Crippen LogP contribution in [0.3, 0.4) is 0 Å². The quantitative estimate of drug-likeness (QED) is 0.943. The van der Waals surface area contributed by atoms with Crippen molar-refractivity contribution in [2.75, 3.05) is 13.2 Å². The Morgan fingerprint density at radius 3 is 3.00 bits per heavy atom. The second-order valence-electron chi connectivity index (χ2n) is 5.46. The van der Waals surface area contributed by atoms with E-state index < -0.39 is 0 Å². The van der Waals surface area contributed by atoms with E-state index in [1.165, 1.54) is 0 Å². The molecule has 20 heavy (non-hydrogen) atoms. The van der Waals surface area contributed by atoms with Gasteiger partial charge in [0.25, 0.3) is 0 Å². The number of aliphatic hydroxyl groups is 1. The van der Waals surface area contributed by atoms with E-state index in [0.29, 0.717) is 0 Å². The standard InChI is InChI=1S/C16H19ClN2O/c1-11-13-6-2-3-7-14(13)18-15(16(11)17)9-19-8-4-5-12(19)10-20/h2-3,6-7,12,20H,4-5,8-10H2,1H3/t12-/m0/s1. The maximum absolute atomic E-state index is 9.42. The predicted octanol–water partition coefficient (Wildman–Crippen LogP) is 3.15. The molecule has 4 heteroatoms. The molecule has 2 heterocycles. The van der Waals surface area contributed by atoms with Gasteiger partial charge in [-0.25, -0.2) is 4.98 Å². The van der Waals surface area contributed by atoms with Gasteiger partial charge in [-0.3, -0.25) is 4.90 Å². The molecule has 1 aromatic heterocycles. The number of rotatable bonds is 3. The van der Waals surface area contributed by atoms with Crippen molar-refractivity contribution in [3.63, 3.8) is 0 Å². The molecule has 1 N–H and O–H groups in total. The Balaban J connectivity index is 1.97. The van der Waals surface area contributed by atoms with Gasteiger partial charge in [0, 0.05) is 18.0 Å². The van der Waals surface area contributed by atoms with Crippen molar-refractivity contribution in [2.45, 2.75) is 32.4 Å². The number of nitrogens with zero attached hydrogens (tertiary/aromatic N) is 2. The van der Waals surface area contributed by atoms with Crippen molar-refractivity contribution in [3.05, 3.63) is 40.5 Å². The molecule has 0 radical (unpaired) electrons. The minimum absolute atomic E-state index is 0.212. The number of aromatic nitrogens is 1. The van der Waals surface area contributed by atoms with Crippen molar-refractivity contribution >= 4 is 22.5 Å². The third kappa shape index (κ3) is 2.41. The molecule has 0 saturated carbocycles. The fourth-order valence-electron chi connectivity index (χ4n) is 3.02. The van der Waals surface area contributed by atoms with Gasteiger partial charge in [0.05, 0.1) is 22.8 Å². The zero-order valence-corrected chi connectivity index (χ0v) is 12.4. The number of benzene rings is 1. The van der Waals surface area contributed by atoms with Crippen LogP contribution in [-0.4, -0.2) is 34.2 Å². The number of hydrogen-bond donors (Lipinski definition) is 1. The summed E-state index contributed by atoms with van der Waals surface area (Å²) in [5, 5.41) is 11.3. The van der Waals surface area contributed by atoms with Crippen molar-refractivity contribution in [1.82, 2.24) is 9.88 Å². The SMILES string of the molecule is Cc1c(Cl)c(CN2CCC[C@H]2CO)nc2ccccc12. The molecule has 0 amide bonds. The fourth-order valence-corrected chi connectivity index (χ4v) is 3.23. The molecule has 106 valence electrons. The van der Waals surface area contributed by atoms with Gasteiger partial charge in [-0.1, -0.05) is 29.8 Å². The average Bonchev–Trinajstić information content (AvgIpc) is 2.92. The third-order valence-corrected chi connectivity index (χ3v) is 4.71. The summed E-state index contributed by atoms with van der Waals surface area (Å²) in [5.41, 5.74) is 3.00. The molecule has 1 aliphatic heterocycles. The summed E-state index contributed by atoms with van der Waals surface area (Å²) < 4.78 is 0. The molecule has 0 bridgehead atoms. The molecule has 1 saturated heterocycles. The zero-order chi connectivity index (χ0) is 14.1. The lowest BCUT2D eigenvalue weighted by molar-refractivity contribution is 0.152. The van der Waals surface area contributed by atoms with Crippen molar-refractivity contribution in [1.29, 1.82) is 0 Å².